The van der Waals surface area contributed by atoms with Gasteiger partial charge in [-0.3, -0.25) is 0 Å². The average Bonchev–Trinajstić information content (AvgIpc) is 2.34. The number of alkyl halides is 3. The first-order chi connectivity index (χ1) is 8.35. The number of carbonyl (C=O) groups is 1. The van der Waals surface area contributed by atoms with Crippen LogP contribution in [-0.4, -0.2) is 20.2 Å². The summed E-state index contributed by atoms with van der Waals surface area (Å²) in [6.45, 7) is 0. The predicted molar refractivity (Wildman–Crippen MR) is 54.1 cm³/mol. The maximum atomic E-state index is 12.8. The van der Waals surface area contributed by atoms with Crippen LogP contribution >= 0.6 is 0 Å². The van der Waals surface area contributed by atoms with Gasteiger partial charge in [-0.15, -0.1) is 0 Å². The normalized spacial score (nSPS) is 10.7. The van der Waals surface area contributed by atoms with Crippen LogP contribution in [0.4, 0.5) is 13.2 Å². The van der Waals surface area contributed by atoms with Crippen LogP contribution in [-0.2, 0) is 10.9 Å². The van der Waals surface area contributed by atoms with Crippen LogP contribution in [0.2, 0.25) is 0 Å². The Bertz CT molecular complexity index is 517. The summed E-state index contributed by atoms with van der Waals surface area (Å²) in [6.07, 6.45) is -4.79. The van der Waals surface area contributed by atoms with Crippen molar-refractivity contribution in [1.29, 1.82) is 5.26 Å². The van der Waals surface area contributed by atoms with Crippen LogP contribution in [0.1, 0.15) is 21.5 Å². The molecule has 1 aromatic carbocycles. The molecule has 4 nitrogen and oxygen atoms in total. The number of hydrogen-bond acceptors (Lipinski definition) is 4. The first kappa shape index (κ1) is 13.8. The SMILES string of the molecule is COC(=O)c1c(OC)cc(C#N)cc1C(F)(F)F. The summed E-state index contributed by atoms with van der Waals surface area (Å²) in [5.41, 5.74) is -2.26. The van der Waals surface area contributed by atoms with Gasteiger partial charge in [-0.2, -0.15) is 18.4 Å². The number of esters is 1. The maximum Gasteiger partial charge on any atom is 0.417 e. The quantitative estimate of drug-likeness (QED) is 0.765. The molecule has 0 aliphatic rings. The van der Waals surface area contributed by atoms with Gasteiger partial charge in [-0.05, 0) is 12.1 Å². The van der Waals surface area contributed by atoms with Gasteiger partial charge >= 0.3 is 12.1 Å². The van der Waals surface area contributed by atoms with E-state index in [1.807, 2.05) is 0 Å². The Balaban J connectivity index is 3.64. The molecule has 0 heterocycles. The number of carbonyl (C=O) groups excluding carboxylic acids is 1. The lowest BCUT2D eigenvalue weighted by atomic mass is 10.0. The number of halogens is 3. The molecule has 0 bridgehead atoms. The standard InChI is InChI=1S/C11H8F3NO3/c1-17-8-4-6(5-15)3-7(11(12,13)14)9(8)10(16)18-2/h3-4H,1-2H3. The zero-order valence-corrected chi connectivity index (χ0v) is 9.46. The van der Waals surface area contributed by atoms with Crippen molar-refractivity contribution in [2.24, 2.45) is 0 Å². The number of benzene rings is 1. The van der Waals surface area contributed by atoms with E-state index in [0.717, 1.165) is 20.3 Å². The minimum Gasteiger partial charge on any atom is -0.496 e. The van der Waals surface area contributed by atoms with Crippen LogP contribution in [0.15, 0.2) is 12.1 Å². The van der Waals surface area contributed by atoms with Gasteiger partial charge in [-0.25, -0.2) is 4.79 Å². The number of rotatable bonds is 2. The van der Waals surface area contributed by atoms with E-state index in [-0.39, 0.29) is 11.3 Å². The molecule has 18 heavy (non-hydrogen) atoms. The zero-order valence-electron chi connectivity index (χ0n) is 9.46. The average molecular weight is 259 g/mol. The highest BCUT2D eigenvalue weighted by Crippen LogP contribution is 2.37. The molecule has 0 radical (unpaired) electrons. The summed E-state index contributed by atoms with van der Waals surface area (Å²) < 4.78 is 47.4. The van der Waals surface area contributed by atoms with Crippen LogP contribution in [0.3, 0.4) is 0 Å². The van der Waals surface area contributed by atoms with Gasteiger partial charge in [0.15, 0.2) is 0 Å². The Morgan fingerprint density at radius 3 is 2.33 bits per heavy atom. The van der Waals surface area contributed by atoms with Crippen LogP contribution in [0.25, 0.3) is 0 Å². The van der Waals surface area contributed by atoms with Gasteiger partial charge in [0, 0.05) is 0 Å². The van der Waals surface area contributed by atoms with Crippen molar-refractivity contribution < 1.29 is 27.4 Å². The van der Waals surface area contributed by atoms with E-state index in [2.05, 4.69) is 4.74 Å². The predicted octanol–water partition coefficient (Wildman–Crippen LogP) is 2.37. The molecule has 0 spiro atoms. The summed E-state index contributed by atoms with van der Waals surface area (Å²) in [5, 5.41) is 8.65. The molecule has 0 saturated carbocycles. The summed E-state index contributed by atoms with van der Waals surface area (Å²) >= 11 is 0. The van der Waals surface area contributed by atoms with Crippen molar-refractivity contribution in [1.82, 2.24) is 0 Å². The number of nitriles is 1. The van der Waals surface area contributed by atoms with Crippen LogP contribution < -0.4 is 4.74 Å². The summed E-state index contributed by atoms with van der Waals surface area (Å²) in [6, 6.07) is 3.19. The van der Waals surface area contributed by atoms with Crippen molar-refractivity contribution in [2.45, 2.75) is 6.18 Å². The molecule has 96 valence electrons. The van der Waals surface area contributed by atoms with Gasteiger partial charge < -0.3 is 9.47 Å². The number of hydrogen-bond donors (Lipinski definition) is 0. The van der Waals surface area contributed by atoms with Crippen LogP contribution in [0.5, 0.6) is 5.75 Å². The van der Waals surface area contributed by atoms with Crippen molar-refractivity contribution in [2.75, 3.05) is 14.2 Å². The molecule has 1 aromatic rings. The van der Waals surface area contributed by atoms with E-state index in [4.69, 9.17) is 10.00 Å². The minimum atomic E-state index is -4.79. The Morgan fingerprint density at radius 1 is 1.33 bits per heavy atom. The van der Waals surface area contributed by atoms with Crippen molar-refractivity contribution in [3.8, 4) is 11.8 Å². The van der Waals surface area contributed by atoms with Crippen molar-refractivity contribution in [3.05, 3.63) is 28.8 Å². The molecule has 1 rings (SSSR count). The fraction of sp³-hybridized carbons (Fsp3) is 0.273. The highest BCUT2D eigenvalue weighted by molar-refractivity contribution is 5.94. The van der Waals surface area contributed by atoms with E-state index < -0.39 is 23.3 Å². The van der Waals surface area contributed by atoms with Gasteiger partial charge in [0.05, 0.1) is 31.4 Å². The molecule has 0 unspecified atom stereocenters. The van der Waals surface area contributed by atoms with E-state index in [1.54, 1.807) is 6.07 Å². The lowest BCUT2D eigenvalue weighted by Gasteiger charge is -2.15. The molecular formula is C11H8F3NO3. The summed E-state index contributed by atoms with van der Waals surface area (Å²) in [7, 11) is 2.06. The second kappa shape index (κ2) is 4.96. The second-order valence-corrected chi connectivity index (χ2v) is 3.20. The third-order valence-electron chi connectivity index (χ3n) is 2.15. The van der Waals surface area contributed by atoms with Gasteiger partial charge in [0.2, 0.25) is 0 Å². The van der Waals surface area contributed by atoms with Crippen molar-refractivity contribution >= 4 is 5.97 Å². The first-order valence-electron chi connectivity index (χ1n) is 4.62. The summed E-state index contributed by atoms with van der Waals surface area (Å²) in [5.74, 6) is -1.53. The van der Waals surface area contributed by atoms with Gasteiger partial charge in [-0.1, -0.05) is 0 Å². The minimum absolute atomic E-state index is 0.258. The number of methoxy groups -OCH3 is 2. The molecular weight excluding hydrogens is 251 g/mol. The molecule has 0 aromatic heterocycles. The summed E-state index contributed by atoms with van der Waals surface area (Å²) in [4.78, 5) is 11.4. The fourth-order valence-corrected chi connectivity index (χ4v) is 1.38. The third-order valence-corrected chi connectivity index (χ3v) is 2.15. The van der Waals surface area contributed by atoms with Crippen LogP contribution in [0, 0.1) is 11.3 Å². The number of ether oxygens (including phenoxy) is 2. The molecule has 0 fully saturated rings. The molecule has 0 aliphatic carbocycles. The largest absolute Gasteiger partial charge is 0.496 e. The van der Waals surface area contributed by atoms with E-state index in [1.165, 1.54) is 0 Å². The van der Waals surface area contributed by atoms with Gasteiger partial charge in [0.25, 0.3) is 0 Å². The molecule has 7 heteroatoms. The molecule has 0 amide bonds. The highest BCUT2D eigenvalue weighted by Gasteiger charge is 2.38. The Labute approximate surface area is 101 Å². The second-order valence-electron chi connectivity index (χ2n) is 3.20. The molecule has 0 atom stereocenters. The monoisotopic (exact) mass is 259 g/mol. The van der Waals surface area contributed by atoms with E-state index >= 15 is 0 Å². The Kier molecular flexibility index (Phi) is 3.81. The van der Waals surface area contributed by atoms with Crippen molar-refractivity contribution in [3.63, 3.8) is 0 Å². The topological polar surface area (TPSA) is 59.3 Å². The number of nitrogens with zero attached hydrogens (tertiary/aromatic N) is 1. The Hall–Kier alpha value is -2.23. The molecule has 0 saturated heterocycles. The lowest BCUT2D eigenvalue weighted by molar-refractivity contribution is -0.138. The fourth-order valence-electron chi connectivity index (χ4n) is 1.38. The van der Waals surface area contributed by atoms with E-state index in [9.17, 15) is 18.0 Å². The third kappa shape index (κ3) is 2.53. The smallest absolute Gasteiger partial charge is 0.417 e. The van der Waals surface area contributed by atoms with Gasteiger partial charge in [0.1, 0.15) is 11.3 Å². The Morgan fingerprint density at radius 2 is 1.94 bits per heavy atom. The maximum absolute atomic E-state index is 12.8. The zero-order chi connectivity index (χ0) is 13.9. The van der Waals surface area contributed by atoms with E-state index in [0.29, 0.717) is 6.07 Å². The molecule has 0 N–H and O–H groups in total. The lowest BCUT2D eigenvalue weighted by Crippen LogP contribution is -2.16. The molecule has 0 aliphatic heterocycles. The highest BCUT2D eigenvalue weighted by atomic mass is 19.4. The first-order valence-corrected chi connectivity index (χ1v) is 4.62.